The summed E-state index contributed by atoms with van der Waals surface area (Å²) in [5.41, 5.74) is 7.83. The fourth-order valence-corrected chi connectivity index (χ4v) is 4.39. The van der Waals surface area contributed by atoms with Crippen LogP contribution in [0.15, 0.2) is 24.3 Å². The van der Waals surface area contributed by atoms with Crippen LogP contribution in [-0.2, 0) is 4.79 Å². The summed E-state index contributed by atoms with van der Waals surface area (Å²) in [6.45, 7) is 1.34. The molecule has 3 aliphatic rings. The third kappa shape index (κ3) is 2.84. The predicted octanol–water partition coefficient (Wildman–Crippen LogP) is 1.95. The first kappa shape index (κ1) is 17.0. The Morgan fingerprint density at radius 1 is 1.21 bits per heavy atom. The van der Waals surface area contributed by atoms with E-state index in [9.17, 15) is 9.59 Å². The minimum absolute atomic E-state index is 0. The van der Waals surface area contributed by atoms with Crippen molar-refractivity contribution in [2.45, 2.75) is 25.3 Å². The highest BCUT2D eigenvalue weighted by atomic mass is 35.5. The first-order valence-electron chi connectivity index (χ1n) is 8.35. The van der Waals surface area contributed by atoms with E-state index in [-0.39, 0.29) is 36.3 Å². The number of carbonyl (C=O) groups is 2. The van der Waals surface area contributed by atoms with E-state index in [2.05, 4.69) is 10.6 Å². The molecule has 24 heavy (non-hydrogen) atoms. The van der Waals surface area contributed by atoms with Gasteiger partial charge in [0.05, 0.1) is 5.92 Å². The first-order chi connectivity index (χ1) is 11.1. The van der Waals surface area contributed by atoms with Gasteiger partial charge in [-0.3, -0.25) is 9.69 Å². The molecule has 0 aromatic heterocycles. The topological polar surface area (TPSA) is 87.5 Å². The van der Waals surface area contributed by atoms with Crippen molar-refractivity contribution >= 4 is 35.7 Å². The average Bonchev–Trinajstić information content (AvgIpc) is 3.24. The Morgan fingerprint density at radius 3 is 2.50 bits per heavy atom. The van der Waals surface area contributed by atoms with Gasteiger partial charge < -0.3 is 16.4 Å². The number of urea groups is 1. The number of halogens is 1. The molecule has 0 radical (unpaired) electrons. The van der Waals surface area contributed by atoms with Crippen LogP contribution in [0.4, 0.5) is 16.2 Å². The Bertz CT molecular complexity index is 634. The van der Waals surface area contributed by atoms with Gasteiger partial charge in [0, 0.05) is 30.5 Å². The van der Waals surface area contributed by atoms with Crippen LogP contribution in [0.1, 0.15) is 19.3 Å². The lowest BCUT2D eigenvalue weighted by atomic mass is 9.84. The number of benzene rings is 1. The molecule has 2 saturated carbocycles. The van der Waals surface area contributed by atoms with Gasteiger partial charge in [-0.05, 0) is 55.4 Å². The molecule has 1 heterocycles. The number of hydrogen-bond donors (Lipinski definition) is 3. The molecule has 7 heteroatoms. The lowest BCUT2D eigenvalue weighted by molar-refractivity contribution is -0.121. The summed E-state index contributed by atoms with van der Waals surface area (Å²) < 4.78 is 0. The Balaban J connectivity index is 0.00000169. The largest absolute Gasteiger partial charge is 0.336 e. The maximum absolute atomic E-state index is 12.5. The molecule has 4 rings (SSSR count). The van der Waals surface area contributed by atoms with Gasteiger partial charge in [-0.25, -0.2) is 4.79 Å². The Morgan fingerprint density at radius 2 is 1.92 bits per heavy atom. The van der Waals surface area contributed by atoms with Gasteiger partial charge in [-0.15, -0.1) is 12.4 Å². The SMILES string of the molecule is Cl.NC1C2CCC(C2)C1C(=O)Nc1ccc(N2CCNC2=O)cc1. The third-order valence-corrected chi connectivity index (χ3v) is 5.59. The quantitative estimate of drug-likeness (QED) is 0.778. The van der Waals surface area contributed by atoms with Crippen molar-refractivity contribution in [2.75, 3.05) is 23.3 Å². The minimum atomic E-state index is -0.0743. The molecule has 1 aromatic carbocycles. The van der Waals surface area contributed by atoms with Crippen molar-refractivity contribution in [3.8, 4) is 0 Å². The lowest BCUT2D eigenvalue weighted by Crippen LogP contribution is -2.42. The second-order valence-electron chi connectivity index (χ2n) is 6.86. The Kier molecular flexibility index (Phi) is 4.69. The summed E-state index contributed by atoms with van der Waals surface area (Å²) in [7, 11) is 0. The summed E-state index contributed by atoms with van der Waals surface area (Å²) >= 11 is 0. The number of rotatable bonds is 3. The van der Waals surface area contributed by atoms with Gasteiger partial charge in [-0.1, -0.05) is 0 Å². The summed E-state index contributed by atoms with van der Waals surface area (Å²) in [5, 5.41) is 5.77. The van der Waals surface area contributed by atoms with E-state index < -0.39 is 0 Å². The second kappa shape index (κ2) is 6.61. The number of anilines is 2. The number of nitrogens with two attached hydrogens (primary N) is 1. The van der Waals surface area contributed by atoms with Crippen LogP contribution in [0, 0.1) is 17.8 Å². The molecule has 3 amide bonds. The Hall–Kier alpha value is -1.79. The third-order valence-electron chi connectivity index (χ3n) is 5.59. The molecule has 4 N–H and O–H groups in total. The zero-order valence-electron chi connectivity index (χ0n) is 13.4. The average molecular weight is 351 g/mol. The van der Waals surface area contributed by atoms with Crippen LogP contribution in [0.25, 0.3) is 0 Å². The highest BCUT2D eigenvalue weighted by Crippen LogP contribution is 2.47. The molecule has 2 aliphatic carbocycles. The van der Waals surface area contributed by atoms with Crippen LogP contribution >= 0.6 is 12.4 Å². The molecule has 6 nitrogen and oxygen atoms in total. The molecule has 2 bridgehead atoms. The highest BCUT2D eigenvalue weighted by Gasteiger charge is 2.49. The molecule has 1 saturated heterocycles. The molecule has 4 atom stereocenters. The summed E-state index contributed by atoms with van der Waals surface area (Å²) in [5.74, 6) is 0.948. The molecular weight excluding hydrogens is 328 g/mol. The van der Waals surface area contributed by atoms with Crippen molar-refractivity contribution in [3.05, 3.63) is 24.3 Å². The molecular formula is C17H23ClN4O2. The molecule has 1 aliphatic heterocycles. The van der Waals surface area contributed by atoms with Crippen LogP contribution < -0.4 is 21.3 Å². The number of hydrogen-bond acceptors (Lipinski definition) is 3. The van der Waals surface area contributed by atoms with Crippen molar-refractivity contribution in [3.63, 3.8) is 0 Å². The van der Waals surface area contributed by atoms with Crippen molar-refractivity contribution < 1.29 is 9.59 Å². The first-order valence-corrected chi connectivity index (χ1v) is 8.35. The van der Waals surface area contributed by atoms with Gasteiger partial charge in [0.25, 0.3) is 0 Å². The van der Waals surface area contributed by atoms with Gasteiger partial charge >= 0.3 is 6.03 Å². The zero-order chi connectivity index (χ0) is 16.0. The van der Waals surface area contributed by atoms with Gasteiger partial charge in [0.15, 0.2) is 0 Å². The van der Waals surface area contributed by atoms with Crippen LogP contribution in [0.2, 0.25) is 0 Å². The monoisotopic (exact) mass is 350 g/mol. The minimum Gasteiger partial charge on any atom is -0.336 e. The normalized spacial score (nSPS) is 30.9. The molecule has 0 spiro atoms. The number of carbonyl (C=O) groups excluding carboxylic acids is 2. The van der Waals surface area contributed by atoms with E-state index in [4.69, 9.17) is 5.73 Å². The number of nitrogens with one attached hydrogen (secondary N) is 2. The molecule has 1 aromatic rings. The zero-order valence-corrected chi connectivity index (χ0v) is 14.2. The Labute approximate surface area is 147 Å². The van der Waals surface area contributed by atoms with Crippen molar-refractivity contribution in [1.29, 1.82) is 0 Å². The summed E-state index contributed by atoms with van der Waals surface area (Å²) in [6.07, 6.45) is 3.39. The second-order valence-corrected chi connectivity index (χ2v) is 6.86. The van der Waals surface area contributed by atoms with Crippen LogP contribution in [0.3, 0.4) is 0 Å². The van der Waals surface area contributed by atoms with E-state index in [1.807, 2.05) is 24.3 Å². The van der Waals surface area contributed by atoms with Gasteiger partial charge in [-0.2, -0.15) is 0 Å². The molecule has 3 fully saturated rings. The summed E-state index contributed by atoms with van der Waals surface area (Å²) in [6, 6.07) is 7.34. The smallest absolute Gasteiger partial charge is 0.321 e. The van der Waals surface area contributed by atoms with Crippen LogP contribution in [-0.4, -0.2) is 31.1 Å². The maximum atomic E-state index is 12.5. The van der Waals surface area contributed by atoms with Gasteiger partial charge in [0.2, 0.25) is 5.91 Å². The van der Waals surface area contributed by atoms with E-state index in [0.717, 1.165) is 24.2 Å². The lowest BCUT2D eigenvalue weighted by Gasteiger charge is -2.27. The molecule has 4 unspecified atom stereocenters. The standard InChI is InChI=1S/C17H22N4O2.ClH/c18-15-11-2-1-10(9-11)14(15)16(22)20-12-3-5-13(6-4-12)21-8-7-19-17(21)23;/h3-6,10-11,14-15H,1-2,7-9,18H2,(H,19,23)(H,20,22);1H. The number of amides is 3. The van der Waals surface area contributed by atoms with Crippen molar-refractivity contribution in [2.24, 2.45) is 23.5 Å². The van der Waals surface area contributed by atoms with Crippen LogP contribution in [0.5, 0.6) is 0 Å². The molecule has 130 valence electrons. The number of nitrogens with zero attached hydrogens (tertiary/aromatic N) is 1. The van der Waals surface area contributed by atoms with E-state index >= 15 is 0 Å². The van der Waals surface area contributed by atoms with E-state index in [1.165, 1.54) is 6.42 Å². The predicted molar refractivity (Wildman–Crippen MR) is 95.4 cm³/mol. The van der Waals surface area contributed by atoms with E-state index in [0.29, 0.717) is 24.9 Å². The summed E-state index contributed by atoms with van der Waals surface area (Å²) in [4.78, 5) is 25.9. The maximum Gasteiger partial charge on any atom is 0.321 e. The fraction of sp³-hybridized carbons (Fsp3) is 0.529. The highest BCUT2D eigenvalue weighted by molar-refractivity contribution is 5.96. The fourth-order valence-electron chi connectivity index (χ4n) is 4.39. The van der Waals surface area contributed by atoms with Crippen molar-refractivity contribution in [1.82, 2.24) is 5.32 Å². The number of fused-ring (bicyclic) bond motifs is 2. The van der Waals surface area contributed by atoms with Gasteiger partial charge in [0.1, 0.15) is 0 Å². The van der Waals surface area contributed by atoms with E-state index in [1.54, 1.807) is 4.90 Å².